The van der Waals surface area contributed by atoms with Crippen LogP contribution in [0.1, 0.15) is 16.7 Å². The summed E-state index contributed by atoms with van der Waals surface area (Å²) in [5, 5.41) is 8.83. The summed E-state index contributed by atoms with van der Waals surface area (Å²) in [6.45, 7) is 3.71. The van der Waals surface area contributed by atoms with Gasteiger partial charge in [-0.15, -0.1) is 0 Å². The number of hydrogen-bond acceptors (Lipinski definition) is 3. The maximum atomic E-state index is 13.7. The van der Waals surface area contributed by atoms with Crippen molar-refractivity contribution in [2.24, 2.45) is 0 Å². The molecule has 128 valence electrons. The summed E-state index contributed by atoms with van der Waals surface area (Å²) < 4.78 is 13.7. The molecule has 2 aromatic carbocycles. The minimum atomic E-state index is -0.324. The van der Waals surface area contributed by atoms with Crippen LogP contribution in [0, 0.1) is 17.1 Å². The van der Waals surface area contributed by atoms with Crippen LogP contribution in [0.15, 0.2) is 48.5 Å². The van der Waals surface area contributed by atoms with Crippen LogP contribution in [0.3, 0.4) is 0 Å². The van der Waals surface area contributed by atoms with Crippen LogP contribution in [0.25, 0.3) is 0 Å². The molecule has 3 rings (SSSR count). The molecule has 0 unspecified atom stereocenters. The first-order chi connectivity index (χ1) is 12.2. The summed E-state index contributed by atoms with van der Waals surface area (Å²) in [7, 11) is 0. The fourth-order valence-electron chi connectivity index (χ4n) is 3.01. The third-order valence-corrected chi connectivity index (χ3v) is 4.51. The maximum Gasteiger partial charge on any atom is 0.227 e. The highest BCUT2D eigenvalue weighted by Gasteiger charge is 2.21. The molecule has 1 heterocycles. The van der Waals surface area contributed by atoms with Gasteiger partial charge in [-0.05, 0) is 29.3 Å². The van der Waals surface area contributed by atoms with Gasteiger partial charge in [-0.2, -0.15) is 5.26 Å². The van der Waals surface area contributed by atoms with Crippen LogP contribution in [0.5, 0.6) is 0 Å². The summed E-state index contributed by atoms with van der Waals surface area (Å²) in [6, 6.07) is 16.1. The molecule has 0 saturated carbocycles. The van der Waals surface area contributed by atoms with Gasteiger partial charge in [0.15, 0.2) is 0 Å². The van der Waals surface area contributed by atoms with Crippen molar-refractivity contribution in [1.29, 1.82) is 5.26 Å². The van der Waals surface area contributed by atoms with Crippen molar-refractivity contribution in [3.63, 3.8) is 0 Å². The fraction of sp³-hybridized carbons (Fsp3) is 0.300. The van der Waals surface area contributed by atoms with Gasteiger partial charge in [0.25, 0.3) is 0 Å². The van der Waals surface area contributed by atoms with Gasteiger partial charge in [-0.1, -0.05) is 30.3 Å². The Bertz CT molecular complexity index is 774. The molecule has 1 saturated heterocycles. The molecule has 1 aliphatic heterocycles. The number of benzene rings is 2. The van der Waals surface area contributed by atoms with Gasteiger partial charge in [0.05, 0.1) is 18.1 Å². The second-order valence-corrected chi connectivity index (χ2v) is 6.23. The minimum absolute atomic E-state index is 0.0249. The van der Waals surface area contributed by atoms with E-state index in [9.17, 15) is 9.18 Å². The smallest absolute Gasteiger partial charge is 0.227 e. The largest absolute Gasteiger partial charge is 0.340 e. The van der Waals surface area contributed by atoms with Crippen LogP contribution in [0.4, 0.5) is 4.39 Å². The first-order valence-corrected chi connectivity index (χ1v) is 8.38. The van der Waals surface area contributed by atoms with Gasteiger partial charge in [0.1, 0.15) is 5.82 Å². The highest BCUT2D eigenvalue weighted by Crippen LogP contribution is 2.13. The summed E-state index contributed by atoms with van der Waals surface area (Å²) in [6.07, 6.45) is 0.113. The summed E-state index contributed by atoms with van der Waals surface area (Å²) in [4.78, 5) is 16.5. The molecule has 0 aliphatic carbocycles. The number of piperazine rings is 1. The first-order valence-electron chi connectivity index (χ1n) is 8.38. The van der Waals surface area contributed by atoms with E-state index in [2.05, 4.69) is 11.0 Å². The highest BCUT2D eigenvalue weighted by atomic mass is 19.1. The minimum Gasteiger partial charge on any atom is -0.340 e. The van der Waals surface area contributed by atoms with Crippen molar-refractivity contribution < 1.29 is 9.18 Å². The molecule has 25 heavy (non-hydrogen) atoms. The second kappa shape index (κ2) is 7.91. The normalized spacial score (nSPS) is 15.0. The summed E-state index contributed by atoms with van der Waals surface area (Å²) in [5.41, 5.74) is 2.27. The number of hydrogen-bond donors (Lipinski definition) is 0. The Balaban J connectivity index is 1.50. The zero-order valence-corrected chi connectivity index (χ0v) is 14.0. The van der Waals surface area contributed by atoms with Gasteiger partial charge in [-0.25, -0.2) is 4.39 Å². The van der Waals surface area contributed by atoms with E-state index in [1.54, 1.807) is 18.2 Å². The number of carbonyl (C=O) groups is 1. The monoisotopic (exact) mass is 337 g/mol. The molecule has 1 aliphatic rings. The van der Waals surface area contributed by atoms with E-state index in [1.165, 1.54) is 6.07 Å². The van der Waals surface area contributed by atoms with E-state index < -0.39 is 0 Å². The van der Waals surface area contributed by atoms with Crippen LogP contribution in [0.2, 0.25) is 0 Å². The van der Waals surface area contributed by atoms with E-state index >= 15 is 0 Å². The molecule has 1 fully saturated rings. The summed E-state index contributed by atoms with van der Waals surface area (Å²) >= 11 is 0. The first kappa shape index (κ1) is 17.1. The van der Waals surface area contributed by atoms with Gasteiger partial charge in [-0.3, -0.25) is 9.69 Å². The molecule has 2 aromatic rings. The van der Waals surface area contributed by atoms with Crippen LogP contribution >= 0.6 is 0 Å². The lowest BCUT2D eigenvalue weighted by Crippen LogP contribution is -2.48. The molecule has 4 nitrogen and oxygen atoms in total. The lowest BCUT2D eigenvalue weighted by molar-refractivity contribution is -0.132. The second-order valence-electron chi connectivity index (χ2n) is 6.23. The molecule has 0 atom stereocenters. The Hall–Kier alpha value is -2.71. The van der Waals surface area contributed by atoms with Crippen LogP contribution in [-0.4, -0.2) is 41.9 Å². The lowest BCUT2D eigenvalue weighted by atomic mass is 10.1. The SMILES string of the molecule is N#Cc1ccc(CN2CCN(C(=O)Cc3ccccc3F)CC2)cc1. The number of carbonyl (C=O) groups excluding carboxylic acids is 1. The Labute approximate surface area is 147 Å². The van der Waals surface area contributed by atoms with E-state index in [-0.39, 0.29) is 18.1 Å². The number of nitriles is 1. The van der Waals surface area contributed by atoms with Crippen molar-refractivity contribution in [2.45, 2.75) is 13.0 Å². The Morgan fingerprint density at radius 1 is 1.04 bits per heavy atom. The molecule has 0 bridgehead atoms. The number of halogens is 1. The van der Waals surface area contributed by atoms with Crippen molar-refractivity contribution in [2.75, 3.05) is 26.2 Å². The van der Waals surface area contributed by atoms with E-state index in [0.717, 1.165) is 25.2 Å². The van der Waals surface area contributed by atoms with Crippen molar-refractivity contribution >= 4 is 5.91 Å². The Morgan fingerprint density at radius 3 is 2.36 bits per heavy atom. The van der Waals surface area contributed by atoms with Crippen LogP contribution in [-0.2, 0) is 17.8 Å². The zero-order valence-electron chi connectivity index (χ0n) is 14.0. The molecule has 5 heteroatoms. The van der Waals surface area contributed by atoms with Crippen LogP contribution < -0.4 is 0 Å². The topological polar surface area (TPSA) is 47.3 Å². The van der Waals surface area contributed by atoms with Gasteiger partial charge in [0, 0.05) is 32.7 Å². The van der Waals surface area contributed by atoms with Crippen molar-refractivity contribution in [1.82, 2.24) is 9.80 Å². The lowest BCUT2D eigenvalue weighted by Gasteiger charge is -2.34. The number of rotatable bonds is 4. The third-order valence-electron chi connectivity index (χ3n) is 4.51. The Kier molecular flexibility index (Phi) is 5.42. The average molecular weight is 337 g/mol. The molecule has 0 radical (unpaired) electrons. The maximum absolute atomic E-state index is 13.7. The molecule has 0 aromatic heterocycles. The fourth-order valence-corrected chi connectivity index (χ4v) is 3.01. The van der Waals surface area contributed by atoms with E-state index in [4.69, 9.17) is 5.26 Å². The van der Waals surface area contributed by atoms with Gasteiger partial charge in [0.2, 0.25) is 5.91 Å². The molecular weight excluding hydrogens is 317 g/mol. The number of nitrogens with zero attached hydrogens (tertiary/aromatic N) is 3. The van der Waals surface area contributed by atoms with Crippen molar-refractivity contribution in [3.05, 3.63) is 71.0 Å². The van der Waals surface area contributed by atoms with Crippen molar-refractivity contribution in [3.8, 4) is 6.07 Å². The zero-order chi connectivity index (χ0) is 17.6. The average Bonchev–Trinajstić information content (AvgIpc) is 2.65. The molecular formula is C20H20FN3O. The predicted molar refractivity (Wildman–Crippen MR) is 93.1 cm³/mol. The quantitative estimate of drug-likeness (QED) is 0.861. The van der Waals surface area contributed by atoms with E-state index in [0.29, 0.717) is 24.2 Å². The van der Waals surface area contributed by atoms with Gasteiger partial charge < -0.3 is 4.90 Å². The number of amides is 1. The van der Waals surface area contributed by atoms with Gasteiger partial charge >= 0.3 is 0 Å². The summed E-state index contributed by atoms with van der Waals surface area (Å²) in [5.74, 6) is -0.349. The molecule has 0 spiro atoms. The highest BCUT2D eigenvalue weighted by molar-refractivity contribution is 5.79. The third kappa shape index (κ3) is 4.43. The standard InChI is InChI=1S/C20H20FN3O/c21-19-4-2-1-3-18(19)13-20(25)24-11-9-23(10-12-24)15-17-7-5-16(14-22)6-8-17/h1-8H,9-13,15H2. The predicted octanol–water partition coefficient (Wildman–Crippen LogP) is 2.58. The molecule has 1 amide bonds. The Morgan fingerprint density at radius 2 is 1.72 bits per heavy atom. The molecule has 0 N–H and O–H groups in total. The van der Waals surface area contributed by atoms with E-state index in [1.807, 2.05) is 29.2 Å².